The molecule has 0 saturated carbocycles. The lowest BCUT2D eigenvalue weighted by atomic mass is 9.89. The van der Waals surface area contributed by atoms with Crippen molar-refractivity contribution in [3.05, 3.63) is 22.7 Å². The number of ether oxygens (including phenoxy) is 2. The fourth-order valence-electron chi connectivity index (χ4n) is 4.23. The van der Waals surface area contributed by atoms with E-state index in [9.17, 15) is 9.59 Å². The van der Waals surface area contributed by atoms with E-state index in [0.717, 1.165) is 46.9 Å². The molecule has 4 rings (SSSR count). The molecule has 0 bridgehead atoms. The topological polar surface area (TPSA) is 98.0 Å². The number of aromatic nitrogens is 1. The third-order valence-corrected chi connectivity index (χ3v) is 7.06. The van der Waals surface area contributed by atoms with Crippen LogP contribution < -0.4 is 10.5 Å². The van der Waals surface area contributed by atoms with Crippen molar-refractivity contribution in [2.75, 3.05) is 40.0 Å². The summed E-state index contributed by atoms with van der Waals surface area (Å²) in [4.78, 5) is 31.9. The zero-order chi connectivity index (χ0) is 20.5. The highest BCUT2D eigenvalue weighted by atomic mass is 32.1. The average Bonchev–Trinajstić information content (AvgIpc) is 3.18. The van der Waals surface area contributed by atoms with Crippen molar-refractivity contribution in [2.24, 2.45) is 5.73 Å². The van der Waals surface area contributed by atoms with Crippen LogP contribution in [-0.4, -0.2) is 66.7 Å². The number of carbonyl (C=O) groups excluding carboxylic acids is 2. The number of fused-ring (bicyclic) bond motifs is 1. The number of hydrogen-bond donors (Lipinski definition) is 1. The lowest BCUT2D eigenvalue weighted by Gasteiger charge is -2.32. The number of methoxy groups -OCH3 is 1. The first-order valence-electron chi connectivity index (χ1n) is 9.86. The van der Waals surface area contributed by atoms with Crippen molar-refractivity contribution in [3.8, 4) is 5.75 Å². The molecular formula is C20H26N4O4S. The normalized spacial score (nSPS) is 20.8. The smallest absolute Gasteiger partial charge is 0.315 e. The van der Waals surface area contributed by atoms with Crippen LogP contribution in [0.15, 0.2) is 12.1 Å². The van der Waals surface area contributed by atoms with E-state index >= 15 is 0 Å². The van der Waals surface area contributed by atoms with Gasteiger partial charge in [0.2, 0.25) is 5.91 Å². The Labute approximate surface area is 173 Å². The lowest BCUT2D eigenvalue weighted by molar-refractivity contribution is -0.129. The number of morpholine rings is 1. The van der Waals surface area contributed by atoms with Gasteiger partial charge in [-0.25, -0.2) is 9.78 Å². The predicted molar refractivity (Wildman–Crippen MR) is 110 cm³/mol. The van der Waals surface area contributed by atoms with Gasteiger partial charge >= 0.3 is 6.03 Å². The van der Waals surface area contributed by atoms with Crippen LogP contribution in [-0.2, 0) is 9.53 Å². The predicted octanol–water partition coefficient (Wildman–Crippen LogP) is 2.48. The molecule has 2 aromatic rings. The van der Waals surface area contributed by atoms with Gasteiger partial charge in [0.05, 0.1) is 25.0 Å². The first-order chi connectivity index (χ1) is 14.0. The number of thiazole rings is 1. The number of rotatable bonds is 3. The molecule has 0 spiro atoms. The molecule has 2 aliphatic heterocycles. The SMILES string of the molecule is COc1ccc(C2CCN(C(C)=O)CC2)c2sc(C3COCCN3C(N)=O)nc12. The van der Waals surface area contributed by atoms with E-state index in [-0.39, 0.29) is 11.9 Å². The lowest BCUT2D eigenvalue weighted by Crippen LogP contribution is -2.45. The molecule has 8 nitrogen and oxygen atoms in total. The molecule has 1 unspecified atom stereocenters. The summed E-state index contributed by atoms with van der Waals surface area (Å²) < 4.78 is 12.2. The number of benzene rings is 1. The van der Waals surface area contributed by atoms with Crippen molar-refractivity contribution in [1.82, 2.24) is 14.8 Å². The van der Waals surface area contributed by atoms with E-state index in [1.807, 2.05) is 11.0 Å². The number of likely N-dealkylation sites (tertiary alicyclic amines) is 1. The standard InChI is InChI=1S/C20H26N4O4S/c1-12(25)23-7-5-13(6-8-23)14-3-4-16(27-2)17-18(14)29-19(22-17)15-11-28-10-9-24(15)20(21)26/h3-4,13,15H,5-11H2,1-2H3,(H2,21,26). The van der Waals surface area contributed by atoms with Gasteiger partial charge < -0.3 is 25.0 Å². The second-order valence-electron chi connectivity index (χ2n) is 7.49. The minimum absolute atomic E-state index is 0.132. The van der Waals surface area contributed by atoms with Crippen LogP contribution in [0.4, 0.5) is 4.79 Å². The summed E-state index contributed by atoms with van der Waals surface area (Å²) >= 11 is 1.58. The van der Waals surface area contributed by atoms with E-state index in [1.165, 1.54) is 5.56 Å². The number of urea groups is 1. The molecule has 0 radical (unpaired) electrons. The second kappa shape index (κ2) is 8.16. The summed E-state index contributed by atoms with van der Waals surface area (Å²) in [5, 5.41) is 0.811. The zero-order valence-corrected chi connectivity index (χ0v) is 17.5. The summed E-state index contributed by atoms with van der Waals surface area (Å²) in [6.07, 6.45) is 1.85. The molecule has 156 valence electrons. The number of primary amides is 1. The van der Waals surface area contributed by atoms with Gasteiger partial charge in [0, 0.05) is 26.6 Å². The minimum Gasteiger partial charge on any atom is -0.494 e. The van der Waals surface area contributed by atoms with Gasteiger partial charge in [0.25, 0.3) is 0 Å². The maximum atomic E-state index is 11.9. The molecule has 1 aromatic heterocycles. The number of carbonyl (C=O) groups is 2. The van der Waals surface area contributed by atoms with Crippen molar-refractivity contribution in [1.29, 1.82) is 0 Å². The van der Waals surface area contributed by atoms with E-state index in [0.29, 0.717) is 25.7 Å². The Kier molecular flexibility index (Phi) is 5.60. The van der Waals surface area contributed by atoms with Crippen molar-refractivity contribution < 1.29 is 19.1 Å². The van der Waals surface area contributed by atoms with Crippen LogP contribution in [0.1, 0.15) is 42.3 Å². The highest BCUT2D eigenvalue weighted by molar-refractivity contribution is 7.18. The number of hydrogen-bond acceptors (Lipinski definition) is 6. The van der Waals surface area contributed by atoms with Crippen LogP contribution in [0.5, 0.6) is 5.75 Å². The van der Waals surface area contributed by atoms with Crippen molar-refractivity contribution >= 4 is 33.5 Å². The van der Waals surface area contributed by atoms with Gasteiger partial charge in [0.15, 0.2) is 0 Å². The van der Waals surface area contributed by atoms with Crippen LogP contribution in [0, 0.1) is 0 Å². The van der Waals surface area contributed by atoms with E-state index in [1.54, 1.807) is 30.3 Å². The van der Waals surface area contributed by atoms with E-state index < -0.39 is 6.03 Å². The summed E-state index contributed by atoms with van der Waals surface area (Å²) in [6, 6.07) is 3.33. The van der Waals surface area contributed by atoms with Crippen LogP contribution in [0.3, 0.4) is 0 Å². The van der Waals surface area contributed by atoms with E-state index in [4.69, 9.17) is 20.2 Å². The number of nitrogens with zero attached hydrogens (tertiary/aromatic N) is 3. The van der Waals surface area contributed by atoms with Gasteiger partial charge in [0.1, 0.15) is 22.3 Å². The Morgan fingerprint density at radius 3 is 2.69 bits per heavy atom. The Hall–Kier alpha value is -2.39. The molecular weight excluding hydrogens is 392 g/mol. The quantitative estimate of drug-likeness (QED) is 0.826. The van der Waals surface area contributed by atoms with Gasteiger partial charge in [-0.2, -0.15) is 0 Å². The molecule has 3 heterocycles. The Morgan fingerprint density at radius 1 is 1.28 bits per heavy atom. The van der Waals surface area contributed by atoms with Gasteiger partial charge in [-0.1, -0.05) is 6.07 Å². The molecule has 3 amide bonds. The average molecular weight is 419 g/mol. The maximum Gasteiger partial charge on any atom is 0.315 e. The molecule has 29 heavy (non-hydrogen) atoms. The Balaban J connectivity index is 1.70. The molecule has 0 aliphatic carbocycles. The van der Waals surface area contributed by atoms with Crippen molar-refractivity contribution in [2.45, 2.75) is 31.7 Å². The molecule has 2 fully saturated rings. The summed E-state index contributed by atoms with van der Waals surface area (Å²) in [5.41, 5.74) is 7.63. The summed E-state index contributed by atoms with van der Waals surface area (Å²) in [5.74, 6) is 1.21. The molecule has 1 atom stereocenters. The molecule has 2 aliphatic rings. The molecule has 9 heteroatoms. The van der Waals surface area contributed by atoms with Gasteiger partial charge in [-0.3, -0.25) is 4.79 Å². The van der Waals surface area contributed by atoms with E-state index in [2.05, 4.69) is 6.07 Å². The Bertz CT molecular complexity index is 923. The van der Waals surface area contributed by atoms with Crippen LogP contribution in [0.2, 0.25) is 0 Å². The monoisotopic (exact) mass is 418 g/mol. The highest BCUT2D eigenvalue weighted by Gasteiger charge is 2.32. The largest absolute Gasteiger partial charge is 0.494 e. The maximum absolute atomic E-state index is 11.9. The zero-order valence-electron chi connectivity index (χ0n) is 16.7. The third kappa shape index (κ3) is 3.76. The second-order valence-corrected chi connectivity index (χ2v) is 8.52. The number of piperidine rings is 1. The highest BCUT2D eigenvalue weighted by Crippen LogP contribution is 2.41. The minimum atomic E-state index is -0.457. The fourth-order valence-corrected chi connectivity index (χ4v) is 5.50. The van der Waals surface area contributed by atoms with Crippen LogP contribution in [0.25, 0.3) is 10.2 Å². The number of amides is 3. The van der Waals surface area contributed by atoms with Gasteiger partial charge in [-0.05, 0) is 30.4 Å². The molecule has 2 N–H and O–H groups in total. The fraction of sp³-hybridized carbons (Fsp3) is 0.550. The third-order valence-electron chi connectivity index (χ3n) is 5.85. The summed E-state index contributed by atoms with van der Waals surface area (Å²) in [6.45, 7) is 4.49. The number of nitrogens with two attached hydrogens (primary N) is 1. The molecule has 1 aromatic carbocycles. The Morgan fingerprint density at radius 2 is 2.03 bits per heavy atom. The van der Waals surface area contributed by atoms with Crippen molar-refractivity contribution in [3.63, 3.8) is 0 Å². The van der Waals surface area contributed by atoms with Gasteiger partial charge in [-0.15, -0.1) is 11.3 Å². The molecule has 2 saturated heterocycles. The van der Waals surface area contributed by atoms with Crippen LogP contribution >= 0.6 is 11.3 Å². The first-order valence-corrected chi connectivity index (χ1v) is 10.7. The summed E-state index contributed by atoms with van der Waals surface area (Å²) in [7, 11) is 1.64. The first kappa shape index (κ1) is 19.9.